The number of aliphatic hydroxyl groups is 2. The van der Waals surface area contributed by atoms with Gasteiger partial charge in [0, 0.05) is 6.42 Å². The molecule has 0 heterocycles. The maximum atomic E-state index is 12.4. The van der Waals surface area contributed by atoms with Gasteiger partial charge < -0.3 is 15.5 Å². The van der Waals surface area contributed by atoms with E-state index in [0.29, 0.717) is 6.42 Å². The van der Waals surface area contributed by atoms with Crippen molar-refractivity contribution in [3.63, 3.8) is 0 Å². The molecule has 0 aliphatic carbocycles. The normalized spacial score (nSPS) is 14.0. The van der Waals surface area contributed by atoms with Gasteiger partial charge in [0.15, 0.2) is 0 Å². The summed E-state index contributed by atoms with van der Waals surface area (Å²) in [6.07, 6.45) is 85.9. The summed E-state index contributed by atoms with van der Waals surface area (Å²) < 4.78 is 0. The van der Waals surface area contributed by atoms with Gasteiger partial charge in [0.1, 0.15) is 0 Å². The van der Waals surface area contributed by atoms with Crippen molar-refractivity contribution in [1.29, 1.82) is 0 Å². The maximum absolute atomic E-state index is 12.4. The zero-order valence-electron chi connectivity index (χ0n) is 42.2. The Balaban J connectivity index is 3.61. The summed E-state index contributed by atoms with van der Waals surface area (Å²) in [6, 6.07) is -0.631. The second kappa shape index (κ2) is 54.9. The summed E-state index contributed by atoms with van der Waals surface area (Å²) in [6.45, 7) is 4.17. The van der Waals surface area contributed by atoms with Crippen LogP contribution in [0, 0.1) is 0 Å². The number of nitrogens with one attached hydrogen (secondary N) is 1. The minimum Gasteiger partial charge on any atom is -0.394 e. The summed E-state index contributed by atoms with van der Waals surface area (Å²) in [5, 5.41) is 23.0. The molecule has 0 fully saturated rings. The van der Waals surface area contributed by atoms with E-state index in [2.05, 4.69) is 141 Å². The average molecular weight is 896 g/mol. The van der Waals surface area contributed by atoms with E-state index in [-0.39, 0.29) is 12.5 Å². The van der Waals surface area contributed by atoms with E-state index < -0.39 is 12.1 Å². The monoisotopic (exact) mass is 896 g/mol. The lowest BCUT2D eigenvalue weighted by molar-refractivity contribution is -0.123. The van der Waals surface area contributed by atoms with Crippen molar-refractivity contribution in [3.05, 3.63) is 134 Å². The predicted molar refractivity (Wildman–Crippen MR) is 289 cm³/mol. The van der Waals surface area contributed by atoms with E-state index in [1.54, 1.807) is 6.08 Å². The topological polar surface area (TPSA) is 69.6 Å². The van der Waals surface area contributed by atoms with Gasteiger partial charge in [0.25, 0.3) is 0 Å². The molecule has 0 saturated heterocycles. The summed E-state index contributed by atoms with van der Waals surface area (Å²) in [5.41, 5.74) is 0. The molecule has 0 aromatic heterocycles. The molecule has 0 radical (unpaired) electrons. The van der Waals surface area contributed by atoms with Crippen LogP contribution in [0.25, 0.3) is 0 Å². The highest BCUT2D eigenvalue weighted by molar-refractivity contribution is 5.76. The fourth-order valence-electron chi connectivity index (χ4n) is 7.32. The highest BCUT2D eigenvalue weighted by atomic mass is 16.3. The van der Waals surface area contributed by atoms with Crippen molar-refractivity contribution >= 4 is 5.91 Å². The second-order valence-electron chi connectivity index (χ2n) is 17.6. The Bertz CT molecular complexity index is 1340. The van der Waals surface area contributed by atoms with E-state index in [0.717, 1.165) is 89.9 Å². The Hall–Kier alpha value is -3.47. The van der Waals surface area contributed by atoms with Gasteiger partial charge in [-0.2, -0.15) is 0 Å². The van der Waals surface area contributed by atoms with Crippen LogP contribution in [-0.4, -0.2) is 34.9 Å². The molecule has 1 amide bonds. The molecular weight excluding hydrogens is 795 g/mol. The molecule has 0 aromatic rings. The van der Waals surface area contributed by atoms with Gasteiger partial charge in [-0.15, -0.1) is 0 Å². The summed E-state index contributed by atoms with van der Waals surface area (Å²) in [4.78, 5) is 12.4. The van der Waals surface area contributed by atoms with Gasteiger partial charge in [-0.25, -0.2) is 0 Å². The summed E-state index contributed by atoms with van der Waals surface area (Å²) in [7, 11) is 0. The van der Waals surface area contributed by atoms with Gasteiger partial charge in [0.2, 0.25) is 5.91 Å². The number of carbonyl (C=O) groups is 1. The largest absolute Gasteiger partial charge is 0.394 e. The molecule has 0 saturated carbocycles. The molecule has 0 spiro atoms. The lowest BCUT2D eigenvalue weighted by atomic mass is 10.0. The number of allylic oxidation sites excluding steroid dienone is 21. The summed E-state index contributed by atoms with van der Waals surface area (Å²) in [5.74, 6) is -0.0753. The van der Waals surface area contributed by atoms with E-state index in [4.69, 9.17) is 0 Å². The third kappa shape index (κ3) is 51.4. The molecule has 65 heavy (non-hydrogen) atoms. The van der Waals surface area contributed by atoms with Crippen LogP contribution >= 0.6 is 0 Å². The first-order chi connectivity index (χ1) is 32.2. The highest BCUT2D eigenvalue weighted by Gasteiger charge is 2.18. The number of rotatable bonds is 47. The molecule has 0 rings (SSSR count). The smallest absolute Gasteiger partial charge is 0.220 e. The Kier molecular flexibility index (Phi) is 51.9. The number of aliphatic hydroxyl groups excluding tert-OH is 2. The molecule has 2 atom stereocenters. The first-order valence-corrected chi connectivity index (χ1v) is 26.9. The second-order valence-corrected chi connectivity index (χ2v) is 17.6. The molecule has 0 aliphatic rings. The number of hydrogen-bond donors (Lipinski definition) is 3. The zero-order chi connectivity index (χ0) is 47.0. The van der Waals surface area contributed by atoms with Crippen molar-refractivity contribution in [2.75, 3.05) is 6.61 Å². The fraction of sp³-hybridized carbons (Fsp3) is 0.623. The van der Waals surface area contributed by atoms with E-state index in [1.165, 1.54) is 116 Å². The molecule has 0 bridgehead atoms. The van der Waals surface area contributed by atoms with Gasteiger partial charge >= 0.3 is 0 Å². The van der Waals surface area contributed by atoms with Crippen molar-refractivity contribution in [2.24, 2.45) is 0 Å². The van der Waals surface area contributed by atoms with Crippen molar-refractivity contribution < 1.29 is 15.0 Å². The summed E-state index contributed by atoms with van der Waals surface area (Å²) >= 11 is 0. The van der Waals surface area contributed by atoms with Crippen molar-refractivity contribution in [1.82, 2.24) is 5.32 Å². The quantitative estimate of drug-likeness (QED) is 0.0421. The van der Waals surface area contributed by atoms with Crippen LogP contribution in [0.5, 0.6) is 0 Å². The number of carbonyl (C=O) groups excluding carboxylic acids is 1. The van der Waals surface area contributed by atoms with Crippen LogP contribution in [0.3, 0.4) is 0 Å². The van der Waals surface area contributed by atoms with E-state index >= 15 is 0 Å². The number of hydrogen-bond acceptors (Lipinski definition) is 3. The van der Waals surface area contributed by atoms with Crippen LogP contribution in [0.4, 0.5) is 0 Å². The third-order valence-corrected chi connectivity index (χ3v) is 11.4. The first-order valence-electron chi connectivity index (χ1n) is 26.9. The molecule has 0 aliphatic heterocycles. The van der Waals surface area contributed by atoms with Crippen molar-refractivity contribution in [3.8, 4) is 0 Å². The van der Waals surface area contributed by atoms with Gasteiger partial charge in [-0.05, 0) is 96.3 Å². The molecule has 368 valence electrons. The minimum absolute atomic E-state index is 0.0753. The van der Waals surface area contributed by atoms with Gasteiger partial charge in [0.05, 0.1) is 18.8 Å². The number of amides is 1. The average Bonchev–Trinajstić information content (AvgIpc) is 3.31. The van der Waals surface area contributed by atoms with Gasteiger partial charge in [-0.1, -0.05) is 257 Å². The lowest BCUT2D eigenvalue weighted by Gasteiger charge is -2.20. The fourth-order valence-corrected chi connectivity index (χ4v) is 7.32. The Morgan fingerprint density at radius 1 is 0.385 bits per heavy atom. The van der Waals surface area contributed by atoms with E-state index in [9.17, 15) is 15.0 Å². The Morgan fingerprint density at radius 2 is 0.677 bits per heavy atom. The molecular formula is C61H101NO3. The van der Waals surface area contributed by atoms with Crippen LogP contribution < -0.4 is 5.32 Å². The van der Waals surface area contributed by atoms with Crippen molar-refractivity contribution in [2.45, 2.75) is 238 Å². The Labute approximate surface area is 402 Å². The van der Waals surface area contributed by atoms with E-state index in [1.807, 2.05) is 6.08 Å². The SMILES string of the molecule is CC/C=C\C/C=C\C/C=C\C/C=C\C/C=C\C/C=C\C/C=C\C/C=C\C/C=C\C/C=C\CCCCCCCCCCCCC(=O)NC(CO)C(O)/C=C/CCCCCCCCCCCC. The Morgan fingerprint density at radius 3 is 1.02 bits per heavy atom. The molecule has 4 heteroatoms. The molecule has 0 aromatic carbocycles. The standard InChI is InChI=1S/C61H101NO3/c1-3-5-7-9-11-13-15-17-18-19-20-21-22-23-24-25-26-27-28-29-30-31-32-33-34-35-36-37-38-39-40-41-42-43-44-45-47-49-51-53-55-57-61(65)62-59(58-63)60(64)56-54-52-50-48-46-16-14-12-10-8-6-4-2/h5,7,11,13,17-18,20-21,23-24,26-27,29-30,32-33,35-36,38-39,54,56,59-60,63-64H,3-4,6,8-10,12,14-16,19,22,25,28,31,34,37,40-53,55,57-58H2,1-2H3,(H,62,65)/b7-5-,13-11-,18-17-,21-20-,24-23-,27-26-,30-29-,33-32-,36-35-,39-38-,56-54+. The highest BCUT2D eigenvalue weighted by Crippen LogP contribution is 2.14. The number of unbranched alkanes of at least 4 members (excludes halogenated alkanes) is 20. The third-order valence-electron chi connectivity index (χ3n) is 11.4. The van der Waals surface area contributed by atoms with Crippen LogP contribution in [0.2, 0.25) is 0 Å². The van der Waals surface area contributed by atoms with Crippen LogP contribution in [0.15, 0.2) is 134 Å². The molecule has 4 nitrogen and oxygen atoms in total. The van der Waals surface area contributed by atoms with Crippen LogP contribution in [-0.2, 0) is 4.79 Å². The van der Waals surface area contributed by atoms with Gasteiger partial charge in [-0.3, -0.25) is 4.79 Å². The molecule has 3 N–H and O–H groups in total. The zero-order valence-corrected chi connectivity index (χ0v) is 42.2. The lowest BCUT2D eigenvalue weighted by Crippen LogP contribution is -2.45. The minimum atomic E-state index is -0.847. The first kappa shape index (κ1) is 61.5. The van der Waals surface area contributed by atoms with Crippen LogP contribution in [0.1, 0.15) is 226 Å². The predicted octanol–water partition coefficient (Wildman–Crippen LogP) is 17.9. The maximum Gasteiger partial charge on any atom is 0.220 e. The molecule has 2 unspecified atom stereocenters.